The van der Waals surface area contributed by atoms with Gasteiger partial charge in [-0.05, 0) is 19.8 Å². The number of amides is 1. The summed E-state index contributed by atoms with van der Waals surface area (Å²) in [6, 6.07) is 0. The molecular formula is C12H21N3O2. The predicted molar refractivity (Wildman–Crippen MR) is 65.8 cm³/mol. The molecule has 0 bridgehead atoms. The zero-order valence-electron chi connectivity index (χ0n) is 10.7. The molecule has 1 amide bonds. The SMILES string of the molecule is CCn1cc(C(=O)NCC(O)(CC)CC)cn1. The van der Waals surface area contributed by atoms with E-state index in [9.17, 15) is 9.90 Å². The molecule has 0 aliphatic rings. The van der Waals surface area contributed by atoms with Crippen molar-refractivity contribution in [3.63, 3.8) is 0 Å². The Labute approximate surface area is 102 Å². The van der Waals surface area contributed by atoms with Crippen LogP contribution in [-0.2, 0) is 6.54 Å². The maximum atomic E-state index is 11.8. The quantitative estimate of drug-likeness (QED) is 0.783. The van der Waals surface area contributed by atoms with Gasteiger partial charge >= 0.3 is 0 Å². The maximum Gasteiger partial charge on any atom is 0.254 e. The predicted octanol–water partition coefficient (Wildman–Crippen LogP) is 1.18. The highest BCUT2D eigenvalue weighted by Crippen LogP contribution is 2.13. The van der Waals surface area contributed by atoms with Gasteiger partial charge in [0.1, 0.15) is 0 Å². The lowest BCUT2D eigenvalue weighted by molar-refractivity contribution is 0.0314. The standard InChI is InChI=1S/C12H21N3O2/c1-4-12(17,5-2)9-13-11(16)10-7-14-15(6-3)8-10/h7-8,17H,4-6,9H2,1-3H3,(H,13,16). The molecule has 1 aromatic heterocycles. The van der Waals surface area contributed by atoms with E-state index in [0.29, 0.717) is 18.4 Å². The smallest absolute Gasteiger partial charge is 0.254 e. The molecule has 5 nitrogen and oxygen atoms in total. The van der Waals surface area contributed by atoms with Gasteiger partial charge in [0.05, 0.1) is 17.4 Å². The van der Waals surface area contributed by atoms with E-state index in [1.165, 1.54) is 6.20 Å². The summed E-state index contributed by atoms with van der Waals surface area (Å²) in [5.41, 5.74) is -0.280. The van der Waals surface area contributed by atoms with Crippen LogP contribution in [-0.4, -0.2) is 32.9 Å². The number of nitrogens with one attached hydrogen (secondary N) is 1. The summed E-state index contributed by atoms with van der Waals surface area (Å²) >= 11 is 0. The molecule has 0 aliphatic heterocycles. The first-order valence-electron chi connectivity index (χ1n) is 6.07. The summed E-state index contributed by atoms with van der Waals surface area (Å²) in [6.45, 7) is 6.79. The summed E-state index contributed by atoms with van der Waals surface area (Å²) < 4.78 is 1.70. The second-order valence-corrected chi connectivity index (χ2v) is 4.20. The molecule has 0 aromatic carbocycles. The van der Waals surface area contributed by atoms with Crippen molar-refractivity contribution in [1.82, 2.24) is 15.1 Å². The Kier molecular flexibility index (Phi) is 4.69. The van der Waals surface area contributed by atoms with Gasteiger partial charge in [0, 0.05) is 19.3 Å². The average Bonchev–Trinajstić information content (AvgIpc) is 2.84. The minimum Gasteiger partial charge on any atom is -0.388 e. The number of aromatic nitrogens is 2. The van der Waals surface area contributed by atoms with Crippen molar-refractivity contribution in [2.75, 3.05) is 6.54 Å². The second-order valence-electron chi connectivity index (χ2n) is 4.20. The van der Waals surface area contributed by atoms with E-state index in [-0.39, 0.29) is 12.5 Å². The number of aliphatic hydroxyl groups is 1. The van der Waals surface area contributed by atoms with E-state index in [1.807, 2.05) is 20.8 Å². The van der Waals surface area contributed by atoms with E-state index in [1.54, 1.807) is 10.9 Å². The van der Waals surface area contributed by atoms with Crippen LogP contribution in [0.15, 0.2) is 12.4 Å². The van der Waals surface area contributed by atoms with Crippen LogP contribution < -0.4 is 5.32 Å². The van der Waals surface area contributed by atoms with Crippen LogP contribution in [0.3, 0.4) is 0 Å². The fourth-order valence-electron chi connectivity index (χ4n) is 1.50. The fourth-order valence-corrected chi connectivity index (χ4v) is 1.50. The molecule has 0 atom stereocenters. The normalized spacial score (nSPS) is 11.5. The summed E-state index contributed by atoms with van der Waals surface area (Å²) in [6.07, 6.45) is 4.48. The lowest BCUT2D eigenvalue weighted by Crippen LogP contribution is -2.41. The molecule has 17 heavy (non-hydrogen) atoms. The van der Waals surface area contributed by atoms with Crippen molar-refractivity contribution in [3.05, 3.63) is 18.0 Å². The minimum atomic E-state index is -0.809. The van der Waals surface area contributed by atoms with E-state index < -0.39 is 5.60 Å². The molecular weight excluding hydrogens is 218 g/mol. The Balaban J connectivity index is 2.55. The van der Waals surface area contributed by atoms with Crippen molar-refractivity contribution in [1.29, 1.82) is 0 Å². The van der Waals surface area contributed by atoms with Crippen LogP contribution in [0.5, 0.6) is 0 Å². The van der Waals surface area contributed by atoms with Crippen molar-refractivity contribution >= 4 is 5.91 Å². The third kappa shape index (κ3) is 3.56. The Bertz CT molecular complexity index is 370. The summed E-state index contributed by atoms with van der Waals surface area (Å²) in [7, 11) is 0. The van der Waals surface area contributed by atoms with Gasteiger partial charge in [0.25, 0.3) is 5.91 Å². The molecule has 0 saturated heterocycles. The lowest BCUT2D eigenvalue weighted by Gasteiger charge is -2.25. The Morgan fingerprint density at radius 1 is 1.47 bits per heavy atom. The molecule has 1 aromatic rings. The number of aryl methyl sites for hydroxylation is 1. The van der Waals surface area contributed by atoms with Gasteiger partial charge in [-0.1, -0.05) is 13.8 Å². The van der Waals surface area contributed by atoms with Gasteiger partial charge in [0.15, 0.2) is 0 Å². The third-order valence-electron chi connectivity index (χ3n) is 3.11. The minimum absolute atomic E-state index is 0.190. The summed E-state index contributed by atoms with van der Waals surface area (Å²) in [5.74, 6) is -0.190. The third-order valence-corrected chi connectivity index (χ3v) is 3.11. The van der Waals surface area contributed by atoms with Crippen LogP contribution in [0, 0.1) is 0 Å². The van der Waals surface area contributed by atoms with Gasteiger partial charge in [0.2, 0.25) is 0 Å². The first-order valence-corrected chi connectivity index (χ1v) is 6.07. The molecule has 96 valence electrons. The summed E-state index contributed by atoms with van der Waals surface area (Å²) in [5, 5.41) is 16.8. The Morgan fingerprint density at radius 3 is 2.59 bits per heavy atom. The van der Waals surface area contributed by atoms with E-state index in [4.69, 9.17) is 0 Å². The van der Waals surface area contributed by atoms with Crippen LogP contribution in [0.2, 0.25) is 0 Å². The number of hydrogen-bond acceptors (Lipinski definition) is 3. The van der Waals surface area contributed by atoms with Gasteiger partial charge in [-0.25, -0.2) is 0 Å². The number of hydrogen-bond donors (Lipinski definition) is 2. The molecule has 1 rings (SSSR count). The van der Waals surface area contributed by atoms with Crippen molar-refractivity contribution < 1.29 is 9.90 Å². The van der Waals surface area contributed by atoms with E-state index in [0.717, 1.165) is 6.54 Å². The van der Waals surface area contributed by atoms with Gasteiger partial charge in [-0.15, -0.1) is 0 Å². The number of rotatable bonds is 6. The molecule has 0 saturated carbocycles. The average molecular weight is 239 g/mol. The highest BCUT2D eigenvalue weighted by atomic mass is 16.3. The summed E-state index contributed by atoms with van der Waals surface area (Å²) in [4.78, 5) is 11.8. The molecule has 0 radical (unpaired) electrons. The highest BCUT2D eigenvalue weighted by Gasteiger charge is 2.23. The van der Waals surface area contributed by atoms with Gasteiger partial charge in [-0.3, -0.25) is 9.48 Å². The van der Waals surface area contributed by atoms with E-state index in [2.05, 4.69) is 10.4 Å². The van der Waals surface area contributed by atoms with Gasteiger partial charge < -0.3 is 10.4 Å². The monoisotopic (exact) mass is 239 g/mol. The number of carbonyl (C=O) groups is 1. The van der Waals surface area contributed by atoms with Crippen LogP contribution in [0.4, 0.5) is 0 Å². The first kappa shape index (κ1) is 13.7. The zero-order valence-corrected chi connectivity index (χ0v) is 10.7. The largest absolute Gasteiger partial charge is 0.388 e. The maximum absolute atomic E-state index is 11.8. The molecule has 0 unspecified atom stereocenters. The number of carbonyl (C=O) groups excluding carboxylic acids is 1. The topological polar surface area (TPSA) is 67.2 Å². The highest BCUT2D eigenvalue weighted by molar-refractivity contribution is 5.93. The molecule has 0 aliphatic carbocycles. The van der Waals surface area contributed by atoms with Crippen LogP contribution in [0.25, 0.3) is 0 Å². The van der Waals surface area contributed by atoms with Crippen molar-refractivity contribution in [3.8, 4) is 0 Å². The van der Waals surface area contributed by atoms with Crippen LogP contribution >= 0.6 is 0 Å². The molecule has 0 fully saturated rings. The lowest BCUT2D eigenvalue weighted by atomic mass is 9.97. The first-order chi connectivity index (χ1) is 8.04. The Morgan fingerprint density at radius 2 is 2.12 bits per heavy atom. The van der Waals surface area contributed by atoms with Crippen molar-refractivity contribution in [2.45, 2.75) is 45.8 Å². The van der Waals surface area contributed by atoms with E-state index >= 15 is 0 Å². The molecule has 0 spiro atoms. The van der Waals surface area contributed by atoms with Crippen molar-refractivity contribution in [2.24, 2.45) is 0 Å². The molecule has 1 heterocycles. The molecule has 2 N–H and O–H groups in total. The fraction of sp³-hybridized carbons (Fsp3) is 0.667. The number of nitrogens with zero attached hydrogens (tertiary/aromatic N) is 2. The Hall–Kier alpha value is -1.36. The zero-order chi connectivity index (χ0) is 12.9. The van der Waals surface area contributed by atoms with Crippen LogP contribution in [0.1, 0.15) is 44.0 Å². The molecule has 5 heteroatoms. The van der Waals surface area contributed by atoms with Gasteiger partial charge in [-0.2, -0.15) is 5.10 Å². The second kappa shape index (κ2) is 5.82.